The third kappa shape index (κ3) is 4.18. The van der Waals surface area contributed by atoms with Crippen LogP contribution in [0.15, 0.2) is 150 Å². The van der Waals surface area contributed by atoms with Gasteiger partial charge >= 0.3 is 0 Å². The third-order valence-electron chi connectivity index (χ3n) is 9.35. The van der Waals surface area contributed by atoms with E-state index in [0.717, 1.165) is 44.1 Å². The van der Waals surface area contributed by atoms with Crippen molar-refractivity contribution in [3.05, 3.63) is 167 Å². The number of para-hydroxylation sites is 2. The molecule has 0 atom stereocenters. The van der Waals surface area contributed by atoms with Crippen LogP contribution in [0.25, 0.3) is 78.2 Å². The van der Waals surface area contributed by atoms with Gasteiger partial charge in [0.1, 0.15) is 0 Å². The van der Waals surface area contributed by atoms with Gasteiger partial charge in [0.25, 0.3) is 5.56 Å². The van der Waals surface area contributed by atoms with Crippen molar-refractivity contribution in [3.8, 4) is 45.5 Å². The minimum Gasteiger partial charge on any atom is -0.285 e. The summed E-state index contributed by atoms with van der Waals surface area (Å²) < 4.78 is 3.52. The first-order chi connectivity index (χ1) is 24.6. The first-order valence-electron chi connectivity index (χ1n) is 16.2. The lowest BCUT2D eigenvalue weighted by Crippen LogP contribution is -2.21. The van der Waals surface area contributed by atoms with Crippen LogP contribution in [0.1, 0.15) is 16.2 Å². The highest BCUT2D eigenvalue weighted by Crippen LogP contribution is 2.36. The van der Waals surface area contributed by atoms with E-state index in [1.165, 1.54) is 4.57 Å². The Morgan fingerprint density at radius 3 is 1.78 bits per heavy atom. The Kier molecular flexibility index (Phi) is 6.01. The fourth-order valence-electron chi connectivity index (χ4n) is 6.99. The van der Waals surface area contributed by atoms with E-state index >= 15 is 0 Å². The second-order valence-electron chi connectivity index (χ2n) is 12.3. The largest absolute Gasteiger partial charge is 0.285 e. The molecule has 0 amide bonds. The lowest BCUT2D eigenvalue weighted by atomic mass is 10.0. The molecule has 3 aromatic heterocycles. The highest BCUT2D eigenvalue weighted by molar-refractivity contribution is 6.13. The molecule has 1 aliphatic rings. The van der Waals surface area contributed by atoms with Crippen LogP contribution in [0, 0.1) is 0 Å². The Labute approximate surface area is 284 Å². The SMILES string of the molecule is O=C1c2ccccc2-n2c1nc1ccc(-c3ccc4c(c3)c3ccccc3n4-c3nc(-c4ccccc4)nc(-c4ccccc4)n3)cc1c2=O. The van der Waals surface area contributed by atoms with Gasteiger partial charge in [-0.2, -0.15) is 9.97 Å². The fourth-order valence-corrected chi connectivity index (χ4v) is 6.99. The number of rotatable bonds is 4. The first-order valence-corrected chi connectivity index (χ1v) is 16.2. The van der Waals surface area contributed by atoms with Crippen molar-refractivity contribution in [1.82, 2.24) is 29.1 Å². The molecule has 1 aliphatic heterocycles. The fraction of sp³-hybridized carbons (Fsp3) is 0. The maximum atomic E-state index is 13.9. The summed E-state index contributed by atoms with van der Waals surface area (Å²) >= 11 is 0. The van der Waals surface area contributed by atoms with Crippen molar-refractivity contribution >= 4 is 38.5 Å². The summed E-state index contributed by atoms with van der Waals surface area (Å²) in [5, 5.41) is 2.51. The van der Waals surface area contributed by atoms with Gasteiger partial charge in [-0.1, -0.05) is 103 Å². The summed E-state index contributed by atoms with van der Waals surface area (Å²) in [4.78, 5) is 46.5. The number of ketones is 1. The minimum atomic E-state index is -0.263. The normalized spacial score (nSPS) is 12.1. The molecule has 6 aromatic carbocycles. The number of fused-ring (bicyclic) bond motifs is 7. The molecule has 4 heterocycles. The van der Waals surface area contributed by atoms with Gasteiger partial charge in [0.05, 0.1) is 33.2 Å². The van der Waals surface area contributed by atoms with Gasteiger partial charge in [-0.25, -0.2) is 9.97 Å². The molecular formula is C42H24N6O2. The van der Waals surface area contributed by atoms with Gasteiger partial charge in [-0.3, -0.25) is 18.7 Å². The summed E-state index contributed by atoms with van der Waals surface area (Å²) in [6.07, 6.45) is 0. The van der Waals surface area contributed by atoms with Crippen molar-refractivity contribution in [2.75, 3.05) is 0 Å². The average Bonchev–Trinajstić information content (AvgIpc) is 3.66. The maximum Gasteiger partial charge on any atom is 0.266 e. The van der Waals surface area contributed by atoms with Crippen LogP contribution < -0.4 is 5.56 Å². The predicted octanol–water partition coefficient (Wildman–Crippen LogP) is 8.21. The van der Waals surface area contributed by atoms with Crippen LogP contribution in [-0.4, -0.2) is 34.9 Å². The van der Waals surface area contributed by atoms with Crippen LogP contribution in [-0.2, 0) is 0 Å². The number of hydrogen-bond donors (Lipinski definition) is 0. The first kappa shape index (κ1) is 28.0. The molecule has 0 spiro atoms. The standard InChI is InChI=1S/C42H24N6O2/c49-37-30-16-8-10-18-35(30)48-40(37)43-33-21-19-27(24-32(33)41(48)50)28-20-22-36-31(23-28)29-15-7-9-17-34(29)47(36)42-45-38(25-11-3-1-4-12-25)44-39(46-42)26-13-5-2-6-14-26/h1-24H. The van der Waals surface area contributed by atoms with Gasteiger partial charge in [0, 0.05) is 21.9 Å². The summed E-state index contributed by atoms with van der Waals surface area (Å²) in [5.74, 6) is 1.60. The van der Waals surface area contributed by atoms with E-state index in [2.05, 4.69) is 33.8 Å². The lowest BCUT2D eigenvalue weighted by molar-refractivity contribution is 0.103. The molecule has 234 valence electrons. The smallest absolute Gasteiger partial charge is 0.266 e. The van der Waals surface area contributed by atoms with E-state index in [-0.39, 0.29) is 17.2 Å². The topological polar surface area (TPSA) is 95.6 Å². The number of carbonyl (C=O) groups is 1. The van der Waals surface area contributed by atoms with Crippen LogP contribution in [0.5, 0.6) is 0 Å². The van der Waals surface area contributed by atoms with Gasteiger partial charge < -0.3 is 0 Å². The number of nitrogens with zero attached hydrogens (tertiary/aromatic N) is 6. The van der Waals surface area contributed by atoms with Gasteiger partial charge in [0.2, 0.25) is 11.7 Å². The van der Waals surface area contributed by atoms with Crippen LogP contribution >= 0.6 is 0 Å². The predicted molar refractivity (Wildman–Crippen MR) is 195 cm³/mol. The van der Waals surface area contributed by atoms with E-state index in [0.29, 0.717) is 39.8 Å². The van der Waals surface area contributed by atoms with Crippen LogP contribution in [0.3, 0.4) is 0 Å². The molecule has 50 heavy (non-hydrogen) atoms. The molecule has 8 nitrogen and oxygen atoms in total. The Hall–Kier alpha value is -7.06. The summed E-state index contributed by atoms with van der Waals surface area (Å²) in [6, 6.07) is 47.1. The molecule has 8 heteroatoms. The van der Waals surface area contributed by atoms with Crippen molar-refractivity contribution in [2.45, 2.75) is 0 Å². The zero-order valence-corrected chi connectivity index (χ0v) is 26.4. The van der Waals surface area contributed by atoms with Crippen molar-refractivity contribution in [1.29, 1.82) is 0 Å². The quantitative estimate of drug-likeness (QED) is 0.192. The Balaban J connectivity index is 1.16. The van der Waals surface area contributed by atoms with E-state index in [9.17, 15) is 9.59 Å². The number of aromatic nitrogens is 6. The molecule has 0 bridgehead atoms. The highest BCUT2D eigenvalue weighted by atomic mass is 16.1. The molecule has 0 radical (unpaired) electrons. The summed E-state index contributed by atoms with van der Waals surface area (Å²) in [7, 11) is 0. The highest BCUT2D eigenvalue weighted by Gasteiger charge is 2.30. The third-order valence-corrected chi connectivity index (χ3v) is 9.35. The monoisotopic (exact) mass is 644 g/mol. The molecule has 0 fully saturated rings. The minimum absolute atomic E-state index is 0.148. The molecule has 10 rings (SSSR count). The molecule has 0 saturated carbocycles. The van der Waals surface area contributed by atoms with Crippen LogP contribution in [0.4, 0.5) is 0 Å². The van der Waals surface area contributed by atoms with Gasteiger partial charge in [-0.05, 0) is 53.6 Å². The van der Waals surface area contributed by atoms with E-state index in [1.54, 1.807) is 18.2 Å². The van der Waals surface area contributed by atoms with Gasteiger partial charge in [-0.15, -0.1) is 0 Å². The van der Waals surface area contributed by atoms with Crippen molar-refractivity contribution in [2.24, 2.45) is 0 Å². The molecule has 0 saturated heterocycles. The molecule has 0 aliphatic carbocycles. The Bertz CT molecular complexity index is 2860. The van der Waals surface area contributed by atoms with E-state index in [1.807, 2.05) is 103 Å². The zero-order chi connectivity index (χ0) is 33.3. The second-order valence-corrected chi connectivity index (χ2v) is 12.3. The van der Waals surface area contributed by atoms with Crippen molar-refractivity contribution < 1.29 is 4.79 Å². The lowest BCUT2D eigenvalue weighted by Gasteiger charge is -2.11. The molecule has 0 unspecified atom stereocenters. The Morgan fingerprint density at radius 2 is 1.04 bits per heavy atom. The Morgan fingerprint density at radius 1 is 0.440 bits per heavy atom. The molecular weight excluding hydrogens is 621 g/mol. The summed E-state index contributed by atoms with van der Waals surface area (Å²) in [5.41, 5.74) is 6.78. The zero-order valence-electron chi connectivity index (χ0n) is 26.4. The van der Waals surface area contributed by atoms with Crippen molar-refractivity contribution in [3.63, 3.8) is 0 Å². The summed E-state index contributed by atoms with van der Waals surface area (Å²) in [6.45, 7) is 0. The average molecular weight is 645 g/mol. The maximum absolute atomic E-state index is 13.9. The number of hydrogen-bond acceptors (Lipinski definition) is 6. The number of carbonyl (C=O) groups excluding carboxylic acids is 1. The number of benzene rings is 6. The van der Waals surface area contributed by atoms with Gasteiger partial charge in [0.15, 0.2) is 17.5 Å². The van der Waals surface area contributed by atoms with Crippen LogP contribution in [0.2, 0.25) is 0 Å². The second kappa shape index (κ2) is 10.7. The van der Waals surface area contributed by atoms with E-state index in [4.69, 9.17) is 15.0 Å². The molecule has 0 N–H and O–H groups in total. The van der Waals surface area contributed by atoms with E-state index < -0.39 is 0 Å². The molecule has 9 aromatic rings.